The lowest BCUT2D eigenvalue weighted by molar-refractivity contribution is -0.140. The highest BCUT2D eigenvalue weighted by atomic mass is 35.5. The van der Waals surface area contributed by atoms with E-state index in [0.29, 0.717) is 10.7 Å². The van der Waals surface area contributed by atoms with Crippen molar-refractivity contribution >= 4 is 39.1 Å². The van der Waals surface area contributed by atoms with Gasteiger partial charge in [0.15, 0.2) is 0 Å². The number of hydrogen-bond acceptors (Lipinski definition) is 4. The van der Waals surface area contributed by atoms with Crippen molar-refractivity contribution in [3.63, 3.8) is 0 Å². The molecule has 0 aromatic heterocycles. The Morgan fingerprint density at radius 1 is 1.09 bits per heavy atom. The standard InChI is InChI=1S/C25H34ClN3O4S/c1-17-11-12-22(18(2)13-17)29(34(7,32)33)16-23(30)28(15-20-9-8-10-21(26)14-20)19(3)24(31)27-25(4,5)6/h8-14,19H,15-16H2,1-7H3,(H,27,31)/t19-/m1/s1. The van der Waals surface area contributed by atoms with Gasteiger partial charge in [-0.2, -0.15) is 0 Å². The number of amides is 2. The Kier molecular flexibility index (Phi) is 8.77. The minimum atomic E-state index is -3.77. The molecule has 2 aromatic carbocycles. The zero-order valence-electron chi connectivity index (χ0n) is 20.8. The first-order valence-electron chi connectivity index (χ1n) is 11.0. The molecule has 0 aliphatic heterocycles. The van der Waals surface area contributed by atoms with E-state index in [1.54, 1.807) is 50.2 Å². The summed E-state index contributed by atoms with van der Waals surface area (Å²) in [4.78, 5) is 27.9. The maximum absolute atomic E-state index is 13.6. The van der Waals surface area contributed by atoms with Crippen LogP contribution in [0.3, 0.4) is 0 Å². The summed E-state index contributed by atoms with van der Waals surface area (Å²) in [6.07, 6.45) is 1.07. The number of aryl methyl sites for hydroxylation is 2. The molecule has 186 valence electrons. The van der Waals surface area contributed by atoms with E-state index in [1.807, 2.05) is 33.8 Å². The van der Waals surface area contributed by atoms with E-state index < -0.39 is 34.1 Å². The number of hydrogen-bond donors (Lipinski definition) is 1. The van der Waals surface area contributed by atoms with Gasteiger partial charge in [-0.25, -0.2) is 8.42 Å². The van der Waals surface area contributed by atoms with Crippen LogP contribution >= 0.6 is 11.6 Å². The number of sulfonamides is 1. The molecule has 0 bridgehead atoms. The molecule has 0 unspecified atom stereocenters. The van der Waals surface area contributed by atoms with E-state index in [2.05, 4.69) is 5.32 Å². The summed E-state index contributed by atoms with van der Waals surface area (Å²) in [5.74, 6) is -0.831. The molecule has 0 aliphatic carbocycles. The van der Waals surface area contributed by atoms with Gasteiger partial charge in [-0.15, -0.1) is 0 Å². The topological polar surface area (TPSA) is 86.8 Å². The monoisotopic (exact) mass is 507 g/mol. The lowest BCUT2D eigenvalue weighted by Crippen LogP contribution is -2.54. The Morgan fingerprint density at radius 2 is 1.74 bits per heavy atom. The smallest absolute Gasteiger partial charge is 0.244 e. The Morgan fingerprint density at radius 3 is 2.26 bits per heavy atom. The second kappa shape index (κ2) is 10.8. The summed E-state index contributed by atoms with van der Waals surface area (Å²) < 4.78 is 26.4. The minimum absolute atomic E-state index is 0.0998. The minimum Gasteiger partial charge on any atom is -0.350 e. The molecule has 2 amide bonds. The highest BCUT2D eigenvalue weighted by molar-refractivity contribution is 7.92. The van der Waals surface area contributed by atoms with Gasteiger partial charge < -0.3 is 10.2 Å². The third kappa shape index (κ3) is 7.74. The van der Waals surface area contributed by atoms with Gasteiger partial charge in [-0.1, -0.05) is 41.4 Å². The van der Waals surface area contributed by atoms with Crippen molar-refractivity contribution in [2.75, 3.05) is 17.1 Å². The predicted molar refractivity (Wildman–Crippen MR) is 137 cm³/mol. The number of carbonyl (C=O) groups excluding carboxylic acids is 2. The molecule has 0 saturated carbocycles. The molecule has 9 heteroatoms. The van der Waals surface area contributed by atoms with Crippen LogP contribution in [0.2, 0.25) is 5.02 Å². The first kappa shape index (κ1) is 27.7. The molecular weight excluding hydrogens is 474 g/mol. The Labute approximate surface area is 208 Å². The molecule has 2 aromatic rings. The number of nitrogens with zero attached hydrogens (tertiary/aromatic N) is 2. The summed E-state index contributed by atoms with van der Waals surface area (Å²) in [6, 6.07) is 11.5. The summed E-state index contributed by atoms with van der Waals surface area (Å²) in [7, 11) is -3.77. The first-order valence-corrected chi connectivity index (χ1v) is 13.2. The quantitative estimate of drug-likeness (QED) is 0.583. The molecule has 0 saturated heterocycles. The van der Waals surface area contributed by atoms with E-state index in [-0.39, 0.29) is 12.5 Å². The number of anilines is 1. The van der Waals surface area contributed by atoms with E-state index in [4.69, 9.17) is 11.6 Å². The lowest BCUT2D eigenvalue weighted by Gasteiger charge is -2.33. The van der Waals surface area contributed by atoms with Crippen LogP contribution in [0.1, 0.15) is 44.4 Å². The molecule has 0 radical (unpaired) electrons. The van der Waals surface area contributed by atoms with Crippen LogP contribution < -0.4 is 9.62 Å². The van der Waals surface area contributed by atoms with Crippen molar-refractivity contribution in [3.8, 4) is 0 Å². The van der Waals surface area contributed by atoms with Crippen molar-refractivity contribution in [1.82, 2.24) is 10.2 Å². The van der Waals surface area contributed by atoms with Crippen molar-refractivity contribution in [3.05, 3.63) is 64.2 Å². The summed E-state index contributed by atoms with van der Waals surface area (Å²) in [5.41, 5.74) is 2.38. The number of carbonyl (C=O) groups is 2. The maximum atomic E-state index is 13.6. The van der Waals surface area contributed by atoms with Gasteiger partial charge in [0, 0.05) is 17.1 Å². The van der Waals surface area contributed by atoms with E-state index in [1.165, 1.54) is 4.90 Å². The number of rotatable bonds is 8. The van der Waals surface area contributed by atoms with Crippen LogP contribution in [-0.2, 0) is 26.2 Å². The fraction of sp³-hybridized carbons (Fsp3) is 0.440. The predicted octanol–water partition coefficient (Wildman–Crippen LogP) is 4.05. The van der Waals surface area contributed by atoms with Gasteiger partial charge in [-0.05, 0) is 70.9 Å². The van der Waals surface area contributed by atoms with Crippen molar-refractivity contribution in [2.45, 2.75) is 59.7 Å². The van der Waals surface area contributed by atoms with Gasteiger partial charge in [0.1, 0.15) is 12.6 Å². The molecule has 0 spiro atoms. The normalized spacial score (nSPS) is 12.7. The van der Waals surface area contributed by atoms with Gasteiger partial charge in [0.25, 0.3) is 0 Å². The van der Waals surface area contributed by atoms with Crippen molar-refractivity contribution < 1.29 is 18.0 Å². The van der Waals surface area contributed by atoms with Gasteiger partial charge in [0.05, 0.1) is 11.9 Å². The van der Waals surface area contributed by atoms with Crippen LogP contribution in [0.15, 0.2) is 42.5 Å². The molecule has 2 rings (SSSR count). The summed E-state index contributed by atoms with van der Waals surface area (Å²) in [5, 5.41) is 3.40. The Hall–Kier alpha value is -2.58. The second-order valence-corrected chi connectivity index (χ2v) is 12.0. The molecular formula is C25H34ClN3O4S. The largest absolute Gasteiger partial charge is 0.350 e. The SMILES string of the molecule is Cc1ccc(N(CC(=O)N(Cc2cccc(Cl)c2)[C@H](C)C(=O)NC(C)(C)C)S(C)(=O)=O)c(C)c1. The molecule has 0 aliphatic rings. The zero-order valence-corrected chi connectivity index (χ0v) is 22.4. The number of benzene rings is 2. The molecule has 1 N–H and O–H groups in total. The fourth-order valence-electron chi connectivity index (χ4n) is 3.57. The second-order valence-electron chi connectivity index (χ2n) is 9.63. The van der Waals surface area contributed by atoms with Gasteiger partial charge in [-0.3, -0.25) is 13.9 Å². The highest BCUT2D eigenvalue weighted by Crippen LogP contribution is 2.24. The zero-order chi connectivity index (χ0) is 25.8. The average Bonchev–Trinajstić information content (AvgIpc) is 2.68. The highest BCUT2D eigenvalue weighted by Gasteiger charge is 2.31. The van der Waals surface area contributed by atoms with Gasteiger partial charge >= 0.3 is 0 Å². The maximum Gasteiger partial charge on any atom is 0.244 e. The Balaban J connectivity index is 2.44. The average molecular weight is 508 g/mol. The lowest BCUT2D eigenvalue weighted by atomic mass is 10.1. The summed E-state index contributed by atoms with van der Waals surface area (Å²) >= 11 is 6.12. The van der Waals surface area contributed by atoms with Crippen LogP contribution in [-0.4, -0.2) is 49.5 Å². The van der Waals surface area contributed by atoms with Gasteiger partial charge in [0.2, 0.25) is 21.8 Å². The molecule has 34 heavy (non-hydrogen) atoms. The van der Waals surface area contributed by atoms with Crippen molar-refractivity contribution in [2.24, 2.45) is 0 Å². The fourth-order valence-corrected chi connectivity index (χ4v) is 4.69. The first-order chi connectivity index (χ1) is 15.6. The van der Waals surface area contributed by atoms with Crippen LogP contribution in [0.5, 0.6) is 0 Å². The Bertz CT molecular complexity index is 1160. The number of halogens is 1. The van der Waals surface area contributed by atoms with Crippen LogP contribution in [0, 0.1) is 13.8 Å². The number of nitrogens with one attached hydrogen (secondary N) is 1. The third-order valence-corrected chi connectivity index (χ3v) is 6.57. The van der Waals surface area contributed by atoms with E-state index in [9.17, 15) is 18.0 Å². The molecule has 1 atom stereocenters. The van der Waals surface area contributed by atoms with E-state index in [0.717, 1.165) is 27.3 Å². The van der Waals surface area contributed by atoms with E-state index >= 15 is 0 Å². The van der Waals surface area contributed by atoms with Crippen molar-refractivity contribution in [1.29, 1.82) is 0 Å². The molecule has 0 fully saturated rings. The van der Waals surface area contributed by atoms with Crippen LogP contribution in [0.4, 0.5) is 5.69 Å². The molecule has 0 heterocycles. The third-order valence-electron chi connectivity index (χ3n) is 5.21. The summed E-state index contributed by atoms with van der Waals surface area (Å²) in [6.45, 7) is 10.6. The molecule has 7 nitrogen and oxygen atoms in total. The van der Waals surface area contributed by atoms with Crippen LogP contribution in [0.25, 0.3) is 0 Å².